The van der Waals surface area contributed by atoms with Crippen LogP contribution in [0, 0.1) is 13.8 Å². The lowest BCUT2D eigenvalue weighted by Gasteiger charge is -2.08. The third-order valence-corrected chi connectivity index (χ3v) is 2.35. The van der Waals surface area contributed by atoms with Crippen LogP contribution >= 0.6 is 0 Å². The van der Waals surface area contributed by atoms with E-state index < -0.39 is 0 Å². The van der Waals surface area contributed by atoms with Crippen molar-refractivity contribution in [3.63, 3.8) is 0 Å². The summed E-state index contributed by atoms with van der Waals surface area (Å²) < 4.78 is 5.63. The first-order valence-corrected chi connectivity index (χ1v) is 5.37. The van der Waals surface area contributed by atoms with E-state index in [1.807, 2.05) is 31.2 Å². The van der Waals surface area contributed by atoms with E-state index in [1.54, 1.807) is 13.1 Å². The summed E-state index contributed by atoms with van der Waals surface area (Å²) in [7, 11) is 0. The van der Waals surface area contributed by atoms with Crippen LogP contribution in [0.3, 0.4) is 0 Å². The molecule has 2 aromatic rings. The van der Waals surface area contributed by atoms with Crippen molar-refractivity contribution >= 4 is 0 Å². The van der Waals surface area contributed by atoms with E-state index in [4.69, 9.17) is 4.74 Å². The maximum absolute atomic E-state index is 9.17. The minimum atomic E-state index is -0.137. The third kappa shape index (κ3) is 2.79. The van der Waals surface area contributed by atoms with Crippen LogP contribution in [0.15, 0.2) is 30.5 Å². The minimum Gasteiger partial charge on any atom is -0.439 e. The molecule has 0 radical (unpaired) electrons. The number of benzene rings is 1. The second-order valence-corrected chi connectivity index (χ2v) is 3.82. The fraction of sp³-hybridized carbons (Fsp3) is 0.231. The SMILES string of the molecule is Cc1ccc(Oc2nc(C)ncc2CO)cc1. The van der Waals surface area contributed by atoms with E-state index in [0.29, 0.717) is 23.0 Å². The number of ether oxygens (including phenoxy) is 1. The van der Waals surface area contributed by atoms with Crippen LogP contribution in [-0.4, -0.2) is 15.1 Å². The van der Waals surface area contributed by atoms with Crippen LogP contribution in [0.25, 0.3) is 0 Å². The van der Waals surface area contributed by atoms with Gasteiger partial charge < -0.3 is 9.84 Å². The van der Waals surface area contributed by atoms with Crippen LogP contribution in [-0.2, 0) is 6.61 Å². The summed E-state index contributed by atoms with van der Waals surface area (Å²) in [6.07, 6.45) is 1.58. The van der Waals surface area contributed by atoms with E-state index in [1.165, 1.54) is 5.56 Å². The van der Waals surface area contributed by atoms with E-state index in [2.05, 4.69) is 9.97 Å². The molecule has 1 aromatic carbocycles. The van der Waals surface area contributed by atoms with E-state index in [9.17, 15) is 5.11 Å². The Bertz CT molecular complexity index is 509. The quantitative estimate of drug-likeness (QED) is 0.879. The molecule has 1 heterocycles. The van der Waals surface area contributed by atoms with Crippen molar-refractivity contribution in [1.82, 2.24) is 9.97 Å². The van der Waals surface area contributed by atoms with Gasteiger partial charge in [-0.1, -0.05) is 17.7 Å². The number of hydrogen-bond acceptors (Lipinski definition) is 4. The second-order valence-electron chi connectivity index (χ2n) is 3.82. The molecule has 4 nitrogen and oxygen atoms in total. The van der Waals surface area contributed by atoms with Gasteiger partial charge in [-0.2, -0.15) is 4.98 Å². The van der Waals surface area contributed by atoms with Crippen molar-refractivity contribution < 1.29 is 9.84 Å². The van der Waals surface area contributed by atoms with Crippen molar-refractivity contribution in [1.29, 1.82) is 0 Å². The summed E-state index contributed by atoms with van der Waals surface area (Å²) in [6.45, 7) is 3.66. The second kappa shape index (κ2) is 4.93. The van der Waals surface area contributed by atoms with Gasteiger partial charge in [-0.3, -0.25) is 0 Å². The highest BCUT2D eigenvalue weighted by Crippen LogP contribution is 2.23. The Balaban J connectivity index is 2.28. The normalized spacial score (nSPS) is 10.3. The summed E-state index contributed by atoms with van der Waals surface area (Å²) in [5, 5.41) is 9.17. The zero-order valence-corrected chi connectivity index (χ0v) is 9.84. The first kappa shape index (κ1) is 11.5. The number of aliphatic hydroxyl groups is 1. The standard InChI is InChI=1S/C13H14N2O2/c1-9-3-5-12(6-4-9)17-13-11(8-16)7-14-10(2)15-13/h3-7,16H,8H2,1-2H3. The monoisotopic (exact) mass is 230 g/mol. The molecule has 1 N–H and O–H groups in total. The molecule has 0 aliphatic heterocycles. The number of aromatic nitrogens is 2. The van der Waals surface area contributed by atoms with E-state index in [-0.39, 0.29) is 6.61 Å². The van der Waals surface area contributed by atoms with Crippen LogP contribution in [0.5, 0.6) is 11.6 Å². The molecule has 0 unspecified atom stereocenters. The molecule has 0 spiro atoms. The van der Waals surface area contributed by atoms with Crippen molar-refractivity contribution in [3.05, 3.63) is 47.4 Å². The highest BCUT2D eigenvalue weighted by Gasteiger charge is 2.07. The number of aliphatic hydroxyl groups excluding tert-OH is 1. The summed E-state index contributed by atoms with van der Waals surface area (Å²) in [4.78, 5) is 8.18. The maximum Gasteiger partial charge on any atom is 0.228 e. The Hall–Kier alpha value is -1.94. The fourth-order valence-corrected chi connectivity index (χ4v) is 1.39. The molecule has 0 saturated carbocycles. The smallest absolute Gasteiger partial charge is 0.228 e. The van der Waals surface area contributed by atoms with E-state index in [0.717, 1.165) is 0 Å². The summed E-state index contributed by atoms with van der Waals surface area (Å²) in [5.74, 6) is 1.72. The van der Waals surface area contributed by atoms with Crippen LogP contribution in [0.4, 0.5) is 0 Å². The molecule has 0 atom stereocenters. The summed E-state index contributed by atoms with van der Waals surface area (Å²) >= 11 is 0. The Kier molecular flexibility index (Phi) is 3.35. The van der Waals surface area contributed by atoms with Crippen molar-refractivity contribution in [2.24, 2.45) is 0 Å². The molecule has 0 aliphatic carbocycles. The van der Waals surface area contributed by atoms with Gasteiger partial charge in [0, 0.05) is 6.20 Å². The number of hydrogen-bond donors (Lipinski definition) is 1. The number of rotatable bonds is 3. The maximum atomic E-state index is 9.17. The lowest BCUT2D eigenvalue weighted by atomic mass is 10.2. The van der Waals surface area contributed by atoms with E-state index >= 15 is 0 Å². The van der Waals surface area contributed by atoms with Gasteiger partial charge >= 0.3 is 0 Å². The highest BCUT2D eigenvalue weighted by atomic mass is 16.5. The Labute approximate surface area is 99.9 Å². The zero-order valence-electron chi connectivity index (χ0n) is 9.84. The fourth-order valence-electron chi connectivity index (χ4n) is 1.39. The lowest BCUT2D eigenvalue weighted by molar-refractivity contribution is 0.274. The average molecular weight is 230 g/mol. The molecular weight excluding hydrogens is 216 g/mol. The Morgan fingerprint density at radius 3 is 2.53 bits per heavy atom. The molecule has 2 rings (SSSR count). The van der Waals surface area contributed by atoms with Gasteiger partial charge in [-0.15, -0.1) is 0 Å². The van der Waals surface area contributed by atoms with Gasteiger partial charge in [0.05, 0.1) is 12.2 Å². The first-order chi connectivity index (χ1) is 8.19. The predicted molar refractivity (Wildman–Crippen MR) is 63.9 cm³/mol. The predicted octanol–water partition coefficient (Wildman–Crippen LogP) is 2.38. The molecular formula is C13H14N2O2. The molecule has 4 heteroatoms. The summed E-state index contributed by atoms with van der Waals surface area (Å²) in [6, 6.07) is 7.66. The molecule has 0 bridgehead atoms. The highest BCUT2D eigenvalue weighted by molar-refractivity contribution is 5.32. The van der Waals surface area contributed by atoms with Gasteiger partial charge in [0.15, 0.2) is 0 Å². The lowest BCUT2D eigenvalue weighted by Crippen LogP contribution is -1.98. The summed E-state index contributed by atoms with van der Waals surface area (Å²) in [5.41, 5.74) is 1.75. The molecule has 0 amide bonds. The van der Waals surface area contributed by atoms with Crippen LogP contribution < -0.4 is 4.74 Å². The molecule has 0 saturated heterocycles. The zero-order chi connectivity index (χ0) is 12.3. The first-order valence-electron chi connectivity index (χ1n) is 5.37. The van der Waals surface area contributed by atoms with Crippen LogP contribution in [0.1, 0.15) is 17.0 Å². The van der Waals surface area contributed by atoms with Gasteiger partial charge in [0.2, 0.25) is 5.88 Å². The Morgan fingerprint density at radius 2 is 1.88 bits per heavy atom. The Morgan fingerprint density at radius 1 is 1.18 bits per heavy atom. The largest absolute Gasteiger partial charge is 0.439 e. The van der Waals surface area contributed by atoms with Gasteiger partial charge in [0.1, 0.15) is 11.6 Å². The van der Waals surface area contributed by atoms with Crippen molar-refractivity contribution in [2.75, 3.05) is 0 Å². The topological polar surface area (TPSA) is 55.2 Å². The van der Waals surface area contributed by atoms with Crippen molar-refractivity contribution in [3.8, 4) is 11.6 Å². The third-order valence-electron chi connectivity index (χ3n) is 2.35. The molecule has 0 aliphatic rings. The molecule has 17 heavy (non-hydrogen) atoms. The minimum absolute atomic E-state index is 0.137. The van der Waals surface area contributed by atoms with Gasteiger partial charge in [-0.05, 0) is 26.0 Å². The van der Waals surface area contributed by atoms with Crippen LogP contribution in [0.2, 0.25) is 0 Å². The average Bonchev–Trinajstić information content (AvgIpc) is 2.32. The number of nitrogens with zero attached hydrogens (tertiary/aromatic N) is 2. The number of aryl methyl sites for hydroxylation is 2. The van der Waals surface area contributed by atoms with Crippen molar-refractivity contribution in [2.45, 2.75) is 20.5 Å². The molecule has 0 fully saturated rings. The molecule has 1 aromatic heterocycles. The van der Waals surface area contributed by atoms with Gasteiger partial charge in [0.25, 0.3) is 0 Å². The molecule has 88 valence electrons. The van der Waals surface area contributed by atoms with Gasteiger partial charge in [-0.25, -0.2) is 4.98 Å².